The Balaban J connectivity index is 1.74. The molecule has 1 aromatic heterocycles. The van der Waals surface area contributed by atoms with Gasteiger partial charge in [0.05, 0.1) is 0 Å². The van der Waals surface area contributed by atoms with E-state index in [-0.39, 0.29) is 5.91 Å². The lowest BCUT2D eigenvalue weighted by molar-refractivity contribution is 0.0762. The van der Waals surface area contributed by atoms with Crippen LogP contribution in [0.15, 0.2) is 48.5 Å². The molecule has 23 heavy (non-hydrogen) atoms. The van der Waals surface area contributed by atoms with Crippen molar-refractivity contribution in [2.75, 3.05) is 6.54 Å². The van der Waals surface area contributed by atoms with Crippen LogP contribution in [0.5, 0.6) is 0 Å². The Morgan fingerprint density at radius 1 is 1.17 bits per heavy atom. The molecule has 0 saturated heterocycles. The van der Waals surface area contributed by atoms with Crippen molar-refractivity contribution in [3.63, 3.8) is 0 Å². The second-order valence-electron chi connectivity index (χ2n) is 6.14. The molecule has 0 aliphatic heterocycles. The Morgan fingerprint density at radius 2 is 1.83 bits per heavy atom. The molecule has 118 valence electrons. The quantitative estimate of drug-likeness (QED) is 0.836. The molecular weight excluding hydrogens is 284 g/mol. The van der Waals surface area contributed by atoms with E-state index in [4.69, 9.17) is 0 Å². The van der Waals surface area contributed by atoms with Crippen molar-refractivity contribution >= 4 is 12.0 Å². The van der Waals surface area contributed by atoms with Gasteiger partial charge in [-0.15, -0.1) is 0 Å². The van der Waals surface area contributed by atoms with Gasteiger partial charge in [-0.1, -0.05) is 42.5 Å². The van der Waals surface area contributed by atoms with Gasteiger partial charge in [-0.25, -0.2) is 0 Å². The largest absolute Gasteiger partial charge is 0.332 e. The third-order valence-corrected chi connectivity index (χ3v) is 3.99. The molecule has 0 radical (unpaired) electrons. The van der Waals surface area contributed by atoms with Crippen molar-refractivity contribution in [3.05, 3.63) is 71.1 Å². The lowest BCUT2D eigenvalue weighted by Crippen LogP contribution is -2.33. The summed E-state index contributed by atoms with van der Waals surface area (Å²) in [6.07, 6.45) is 6.36. The number of rotatable bonds is 5. The molecule has 0 unspecified atom stereocenters. The van der Waals surface area contributed by atoms with E-state index in [1.165, 1.54) is 0 Å². The van der Waals surface area contributed by atoms with Gasteiger partial charge in [-0.05, 0) is 44.4 Å². The predicted octanol–water partition coefficient (Wildman–Crippen LogP) is 4.02. The van der Waals surface area contributed by atoms with Crippen molar-refractivity contribution in [2.45, 2.75) is 32.7 Å². The van der Waals surface area contributed by atoms with E-state index < -0.39 is 0 Å². The van der Waals surface area contributed by atoms with Crippen molar-refractivity contribution in [2.24, 2.45) is 0 Å². The summed E-state index contributed by atoms with van der Waals surface area (Å²) in [4.78, 5) is 19.2. The van der Waals surface area contributed by atoms with Crippen LogP contribution in [0.2, 0.25) is 0 Å². The van der Waals surface area contributed by atoms with Crippen LogP contribution in [0.3, 0.4) is 0 Å². The molecule has 1 aliphatic carbocycles. The first kappa shape index (κ1) is 15.5. The van der Waals surface area contributed by atoms with Crippen LogP contribution in [0.25, 0.3) is 6.08 Å². The highest BCUT2D eigenvalue weighted by atomic mass is 16.2. The standard InChI is InChI=1S/C20H22N2O/c1-15-13-18(14-16(2)21-15)20(23)22(19-10-11-19)12-6-9-17-7-4-3-5-8-17/h3-9,13-14,19H,10-12H2,1-2H3/b9-6+. The highest BCUT2D eigenvalue weighted by Crippen LogP contribution is 2.28. The van der Waals surface area contributed by atoms with Gasteiger partial charge in [-0.3, -0.25) is 9.78 Å². The Morgan fingerprint density at radius 3 is 2.43 bits per heavy atom. The van der Waals surface area contributed by atoms with Crippen molar-refractivity contribution < 1.29 is 4.79 Å². The number of aryl methyl sites for hydroxylation is 2. The highest BCUT2D eigenvalue weighted by molar-refractivity contribution is 5.95. The summed E-state index contributed by atoms with van der Waals surface area (Å²) in [6, 6.07) is 14.3. The van der Waals surface area contributed by atoms with Gasteiger partial charge in [0.15, 0.2) is 0 Å². The normalized spacial score (nSPS) is 14.2. The van der Waals surface area contributed by atoms with Crippen LogP contribution in [-0.2, 0) is 0 Å². The zero-order valence-electron chi connectivity index (χ0n) is 13.7. The van der Waals surface area contributed by atoms with Gasteiger partial charge >= 0.3 is 0 Å². The number of benzene rings is 1. The maximum absolute atomic E-state index is 12.8. The van der Waals surface area contributed by atoms with Crippen molar-refractivity contribution in [1.29, 1.82) is 0 Å². The first-order chi connectivity index (χ1) is 11.1. The first-order valence-electron chi connectivity index (χ1n) is 8.11. The molecule has 1 aromatic carbocycles. The van der Waals surface area contributed by atoms with Crippen LogP contribution in [0.4, 0.5) is 0 Å². The average molecular weight is 306 g/mol. The molecule has 0 N–H and O–H groups in total. The van der Waals surface area contributed by atoms with Gasteiger partial charge < -0.3 is 4.90 Å². The second-order valence-corrected chi connectivity index (χ2v) is 6.14. The summed E-state index contributed by atoms with van der Waals surface area (Å²) in [7, 11) is 0. The number of nitrogens with zero attached hydrogens (tertiary/aromatic N) is 2. The second kappa shape index (κ2) is 6.78. The Bertz CT molecular complexity index is 697. The van der Waals surface area contributed by atoms with E-state index in [1.807, 2.05) is 49.1 Å². The predicted molar refractivity (Wildman–Crippen MR) is 93.2 cm³/mol. The minimum Gasteiger partial charge on any atom is -0.332 e. The van der Waals surface area contributed by atoms with E-state index in [0.717, 1.165) is 35.4 Å². The fourth-order valence-corrected chi connectivity index (χ4v) is 2.77. The number of hydrogen-bond acceptors (Lipinski definition) is 2. The summed E-state index contributed by atoms with van der Waals surface area (Å²) in [5, 5.41) is 0. The summed E-state index contributed by atoms with van der Waals surface area (Å²) in [5.74, 6) is 0.110. The number of pyridine rings is 1. The SMILES string of the molecule is Cc1cc(C(=O)N(C/C=C/c2ccccc2)C2CC2)cc(C)n1. The van der Waals surface area contributed by atoms with Gasteiger partial charge in [0, 0.05) is 29.5 Å². The zero-order chi connectivity index (χ0) is 16.2. The minimum atomic E-state index is 0.110. The molecular formula is C20H22N2O. The molecule has 3 rings (SSSR count). The molecule has 1 saturated carbocycles. The van der Waals surface area contributed by atoms with Gasteiger partial charge in [0.2, 0.25) is 0 Å². The molecule has 3 heteroatoms. The highest BCUT2D eigenvalue weighted by Gasteiger charge is 2.32. The molecule has 3 nitrogen and oxygen atoms in total. The first-order valence-corrected chi connectivity index (χ1v) is 8.11. The molecule has 2 aromatic rings. The lowest BCUT2D eigenvalue weighted by atomic mass is 10.1. The Labute approximate surface area is 137 Å². The van der Waals surface area contributed by atoms with Crippen LogP contribution in [0, 0.1) is 13.8 Å². The fraction of sp³-hybridized carbons (Fsp3) is 0.300. The maximum Gasteiger partial charge on any atom is 0.254 e. The molecule has 1 aliphatic rings. The monoisotopic (exact) mass is 306 g/mol. The third-order valence-electron chi connectivity index (χ3n) is 3.99. The third kappa shape index (κ3) is 4.07. The average Bonchev–Trinajstić information content (AvgIpc) is 3.36. The topological polar surface area (TPSA) is 33.2 Å². The molecule has 0 spiro atoms. The van der Waals surface area contributed by atoms with E-state index in [1.54, 1.807) is 0 Å². The van der Waals surface area contributed by atoms with Crippen LogP contribution >= 0.6 is 0 Å². The van der Waals surface area contributed by atoms with Gasteiger partial charge in [0.25, 0.3) is 5.91 Å². The van der Waals surface area contributed by atoms with E-state index >= 15 is 0 Å². The summed E-state index contributed by atoms with van der Waals surface area (Å²) >= 11 is 0. The lowest BCUT2D eigenvalue weighted by Gasteiger charge is -2.21. The number of carbonyl (C=O) groups is 1. The minimum absolute atomic E-state index is 0.110. The van der Waals surface area contributed by atoms with Gasteiger partial charge in [-0.2, -0.15) is 0 Å². The molecule has 1 amide bonds. The van der Waals surface area contributed by atoms with Gasteiger partial charge in [0.1, 0.15) is 0 Å². The van der Waals surface area contributed by atoms with Crippen molar-refractivity contribution in [1.82, 2.24) is 9.88 Å². The van der Waals surface area contributed by atoms with Crippen molar-refractivity contribution in [3.8, 4) is 0 Å². The maximum atomic E-state index is 12.8. The molecule has 1 fully saturated rings. The number of aromatic nitrogens is 1. The summed E-state index contributed by atoms with van der Waals surface area (Å²) < 4.78 is 0. The molecule has 1 heterocycles. The zero-order valence-corrected chi connectivity index (χ0v) is 13.7. The number of amides is 1. The van der Waals surface area contributed by atoms with E-state index in [9.17, 15) is 4.79 Å². The molecule has 0 bridgehead atoms. The van der Waals surface area contributed by atoms with E-state index in [2.05, 4.69) is 29.3 Å². The van der Waals surface area contributed by atoms with Crippen LogP contribution in [-0.4, -0.2) is 28.4 Å². The molecule has 0 atom stereocenters. The summed E-state index contributed by atoms with van der Waals surface area (Å²) in [5.41, 5.74) is 3.69. The van der Waals surface area contributed by atoms with Crippen LogP contribution in [0.1, 0.15) is 40.2 Å². The van der Waals surface area contributed by atoms with Crippen LogP contribution < -0.4 is 0 Å². The smallest absolute Gasteiger partial charge is 0.254 e. The Hall–Kier alpha value is -2.42. The van der Waals surface area contributed by atoms with E-state index in [0.29, 0.717) is 12.6 Å². The number of carbonyl (C=O) groups excluding carboxylic acids is 1. The Kier molecular flexibility index (Phi) is 4.56. The number of hydrogen-bond donors (Lipinski definition) is 0. The summed E-state index contributed by atoms with van der Waals surface area (Å²) in [6.45, 7) is 4.51. The fourth-order valence-electron chi connectivity index (χ4n) is 2.77.